The van der Waals surface area contributed by atoms with Gasteiger partial charge in [-0.15, -0.1) is 0 Å². The standard InChI is InChI=1S/C56H74N4O8/c1-6-59-56(67)28-23-35(2)12-7-8-29-68-34-41(17-9-13-36(56)3)45-25-27-55(51(45)64)47-22-21-42(61)31-39-15-10-14-38(30-39)19-20-43(62)33-58-50-49-40(16-11-18-46(49)52(57)60-53(50)65)32-48(63)37(4)44(47)24-26-54(55,5)66/h9-11,13-18,23,30,42-43,45,47,50-52,58-59,61-62,64,66-67H,3,6,12,19-22,24-29,31-34,57H2,1-2,4-5H3,(H,60,65)/b13-9+,35-23+,41-17-,44-37+/t42-,43-,45+,47+,50-,51+,52-,54+,55+,56-/m0/s1. The molecule has 1 spiro atoms. The molecular weight excluding hydrogens is 857 g/mol. The summed E-state index contributed by atoms with van der Waals surface area (Å²) in [4.78, 5) is 28.5. The number of benzene rings is 2. The van der Waals surface area contributed by atoms with Crippen molar-refractivity contribution in [3.05, 3.63) is 129 Å². The Labute approximate surface area is 402 Å². The first-order chi connectivity index (χ1) is 32.5. The summed E-state index contributed by atoms with van der Waals surface area (Å²) in [7, 11) is 0. The van der Waals surface area contributed by atoms with Crippen LogP contribution in [-0.4, -0.2) is 93.2 Å². The number of aryl methyl sites for hydroxylation is 1. The summed E-state index contributed by atoms with van der Waals surface area (Å²) in [6, 6.07) is 12.7. The van der Waals surface area contributed by atoms with Gasteiger partial charge in [0.2, 0.25) is 5.91 Å². The second-order valence-corrected chi connectivity index (χ2v) is 20.2. The Morgan fingerprint density at radius 2 is 1.75 bits per heavy atom. The zero-order valence-corrected chi connectivity index (χ0v) is 40.5. The van der Waals surface area contributed by atoms with E-state index in [0.29, 0.717) is 105 Å². The molecule has 0 unspecified atom stereocenters. The molecule has 2 aliphatic carbocycles. The first kappa shape index (κ1) is 51.3. The van der Waals surface area contributed by atoms with Gasteiger partial charge in [0, 0.05) is 37.1 Å². The van der Waals surface area contributed by atoms with Gasteiger partial charge in [-0.3, -0.25) is 20.2 Å². The maximum atomic E-state index is 14.8. The van der Waals surface area contributed by atoms with Gasteiger partial charge in [0.05, 0.1) is 30.5 Å². The molecule has 10 atom stereocenters. The van der Waals surface area contributed by atoms with Gasteiger partial charge in [-0.25, -0.2) is 0 Å². The van der Waals surface area contributed by atoms with E-state index in [1.165, 1.54) is 0 Å². The van der Waals surface area contributed by atoms with Crippen molar-refractivity contribution in [2.45, 2.75) is 147 Å². The molecule has 10 N–H and O–H groups in total. The average Bonchev–Trinajstić information content (AvgIpc) is 3.64. The predicted molar refractivity (Wildman–Crippen MR) is 264 cm³/mol. The minimum Gasteiger partial charge on any atom is -0.393 e. The van der Waals surface area contributed by atoms with Crippen LogP contribution in [0.25, 0.3) is 0 Å². The number of amides is 1. The highest BCUT2D eigenvalue weighted by Crippen LogP contribution is 2.63. The number of likely N-dealkylation sites (N-methyl/N-ethyl adjacent to an activating group) is 1. The quantitative estimate of drug-likeness (QED) is 0.106. The number of rotatable bonds is 3. The summed E-state index contributed by atoms with van der Waals surface area (Å²) < 4.78 is 6.17. The first-order valence-electron chi connectivity index (χ1n) is 24.7. The van der Waals surface area contributed by atoms with E-state index < -0.39 is 59.1 Å². The fourth-order valence-corrected chi connectivity index (χ4v) is 11.8. The van der Waals surface area contributed by atoms with Crippen molar-refractivity contribution in [1.82, 2.24) is 16.0 Å². The fraction of sp³-hybridized carbons (Fsp3) is 0.536. The van der Waals surface area contributed by atoms with Crippen LogP contribution in [0.4, 0.5) is 0 Å². The second-order valence-electron chi connectivity index (χ2n) is 20.2. The van der Waals surface area contributed by atoms with Gasteiger partial charge in [-0.05, 0) is 136 Å². The summed E-state index contributed by atoms with van der Waals surface area (Å²) in [6.07, 6.45) is 8.91. The van der Waals surface area contributed by atoms with E-state index in [9.17, 15) is 35.1 Å². The molecule has 7 rings (SSSR count). The van der Waals surface area contributed by atoms with Crippen molar-refractivity contribution in [2.75, 3.05) is 26.3 Å². The SMILES string of the molecule is C=C1/C=C/C=C(\[C@H]2CC[C@@]3([C@@H]4CC[C@H](O)Cc5cccc(c5)CC[C@H](O)CN[C@@H]5C(=O)N[C@H](N)c6cccc(c65)CC(=O)/C(C)=C/4CC[C@@]3(C)O)[C@@H]2O)COCC#CC/C(C)=C/C[C@@]1(O)NCC. The number of carbonyl (C=O) groups is 2. The lowest BCUT2D eigenvalue weighted by Crippen LogP contribution is -2.59. The maximum Gasteiger partial charge on any atom is 0.243 e. The number of fused-ring (bicyclic) bond motifs is 4. The van der Waals surface area contributed by atoms with Crippen molar-refractivity contribution in [3.63, 3.8) is 0 Å². The molecule has 2 aromatic rings. The van der Waals surface area contributed by atoms with Crippen LogP contribution in [0.15, 0.2) is 101 Å². The third-order valence-corrected chi connectivity index (χ3v) is 15.7. The third kappa shape index (κ3) is 11.1. The van der Waals surface area contributed by atoms with Crippen LogP contribution in [0.3, 0.4) is 0 Å². The van der Waals surface area contributed by atoms with Gasteiger partial charge < -0.3 is 41.3 Å². The van der Waals surface area contributed by atoms with E-state index in [0.717, 1.165) is 27.8 Å². The number of ether oxygens (including phenoxy) is 1. The number of hydrogen-bond acceptors (Lipinski definition) is 11. The smallest absolute Gasteiger partial charge is 0.243 e. The summed E-state index contributed by atoms with van der Waals surface area (Å²) in [5.41, 5.74) is 10.4. The molecular formula is C56H74N4O8. The summed E-state index contributed by atoms with van der Waals surface area (Å²) in [5, 5.41) is 69.7. The topological polar surface area (TPSA) is 207 Å². The third-order valence-electron chi connectivity index (χ3n) is 15.7. The van der Waals surface area contributed by atoms with Gasteiger partial charge in [0.25, 0.3) is 0 Å². The highest BCUT2D eigenvalue weighted by atomic mass is 16.5. The number of allylic oxidation sites excluding steroid dienone is 5. The zero-order valence-electron chi connectivity index (χ0n) is 40.5. The lowest BCUT2D eigenvalue weighted by molar-refractivity contribution is -0.168. The Kier molecular flexibility index (Phi) is 16.6. The number of hydrogen-bond donors (Lipinski definition) is 9. The first-order valence-corrected chi connectivity index (χ1v) is 24.7. The molecule has 3 aliphatic heterocycles. The molecule has 2 fully saturated rings. The van der Waals surface area contributed by atoms with Gasteiger partial charge >= 0.3 is 0 Å². The van der Waals surface area contributed by atoms with Gasteiger partial charge in [-0.1, -0.05) is 103 Å². The minimum atomic E-state index is -1.38. The average molecular weight is 931 g/mol. The predicted octanol–water partition coefficient (Wildman–Crippen LogP) is 5.54. The van der Waals surface area contributed by atoms with E-state index in [-0.39, 0.29) is 37.9 Å². The minimum absolute atomic E-state index is 0.0128. The van der Waals surface area contributed by atoms with E-state index >= 15 is 0 Å². The van der Waals surface area contributed by atoms with Crippen LogP contribution in [0.2, 0.25) is 0 Å². The molecule has 0 aromatic heterocycles. The number of nitrogens with one attached hydrogen (secondary N) is 3. The van der Waals surface area contributed by atoms with Crippen LogP contribution in [0, 0.1) is 29.1 Å². The molecule has 2 bridgehead atoms. The molecule has 12 heteroatoms. The molecule has 68 heavy (non-hydrogen) atoms. The lowest BCUT2D eigenvalue weighted by atomic mass is 9.52. The van der Waals surface area contributed by atoms with E-state index in [1.807, 2.05) is 82.3 Å². The van der Waals surface area contributed by atoms with Crippen molar-refractivity contribution in [1.29, 1.82) is 0 Å². The number of nitrogens with two attached hydrogens (primary N) is 1. The fourth-order valence-electron chi connectivity index (χ4n) is 11.8. The molecule has 0 saturated heterocycles. The van der Waals surface area contributed by atoms with E-state index in [4.69, 9.17) is 10.5 Å². The molecule has 0 radical (unpaired) electrons. The number of ketones is 1. The number of aliphatic hydroxyl groups is 5. The van der Waals surface area contributed by atoms with Crippen LogP contribution < -0.4 is 21.7 Å². The van der Waals surface area contributed by atoms with Gasteiger partial charge in [0.1, 0.15) is 24.5 Å². The molecule has 12 nitrogen and oxygen atoms in total. The molecule has 366 valence electrons. The zero-order chi connectivity index (χ0) is 48.8. The Bertz CT molecular complexity index is 2390. The highest BCUT2D eigenvalue weighted by molar-refractivity contribution is 5.98. The molecule has 2 aromatic carbocycles. The van der Waals surface area contributed by atoms with Crippen molar-refractivity contribution >= 4 is 11.7 Å². The molecule has 1 amide bonds. The van der Waals surface area contributed by atoms with E-state index in [2.05, 4.69) is 40.4 Å². The highest BCUT2D eigenvalue weighted by Gasteiger charge is 2.64. The normalized spacial score (nSPS) is 36.8. The van der Waals surface area contributed by atoms with Crippen LogP contribution in [0.5, 0.6) is 0 Å². The number of Topliss-reactive ketones (excluding diaryl/α,β-unsaturated/α-hetero) is 1. The van der Waals surface area contributed by atoms with E-state index in [1.54, 1.807) is 6.08 Å². The summed E-state index contributed by atoms with van der Waals surface area (Å²) in [6.45, 7) is 12.8. The number of β-amino-alcohol motifs (C(OH)–C–C–N with tert-alkyl or cyclic N) is 1. The van der Waals surface area contributed by atoms with Gasteiger partial charge in [0.15, 0.2) is 5.78 Å². The van der Waals surface area contributed by atoms with Crippen molar-refractivity contribution < 1.29 is 39.9 Å². The Hall–Kier alpha value is -4.52. The second kappa shape index (κ2) is 22.1. The Morgan fingerprint density at radius 3 is 2.54 bits per heavy atom. The Morgan fingerprint density at radius 1 is 0.971 bits per heavy atom. The monoisotopic (exact) mass is 931 g/mol. The van der Waals surface area contributed by atoms with Crippen LogP contribution in [-0.2, 0) is 33.6 Å². The van der Waals surface area contributed by atoms with Gasteiger partial charge in [-0.2, -0.15) is 0 Å². The summed E-state index contributed by atoms with van der Waals surface area (Å²) in [5.74, 6) is 4.90. The lowest BCUT2D eigenvalue weighted by Gasteiger charge is -2.56. The summed E-state index contributed by atoms with van der Waals surface area (Å²) >= 11 is 0. The molecule has 3 heterocycles. The number of carbonyl (C=O) groups excluding carboxylic acids is 2. The Balaban J connectivity index is 1.29. The number of aliphatic hydroxyl groups excluding tert-OH is 3. The van der Waals surface area contributed by atoms with Crippen LogP contribution >= 0.6 is 0 Å². The van der Waals surface area contributed by atoms with Crippen molar-refractivity contribution in [3.8, 4) is 11.8 Å². The molecule has 5 aliphatic rings. The molecule has 2 saturated carbocycles. The van der Waals surface area contributed by atoms with Crippen LogP contribution in [0.1, 0.15) is 126 Å². The maximum absolute atomic E-state index is 14.8. The largest absolute Gasteiger partial charge is 0.393 e. The van der Waals surface area contributed by atoms with Crippen molar-refractivity contribution in [2.24, 2.45) is 23.0 Å².